The van der Waals surface area contributed by atoms with Gasteiger partial charge in [-0.25, -0.2) is 13.8 Å². The lowest BCUT2D eigenvalue weighted by Gasteiger charge is -2.23. The zero-order chi connectivity index (χ0) is 15.0. The van der Waals surface area contributed by atoms with Crippen molar-refractivity contribution in [2.24, 2.45) is 0 Å². The van der Waals surface area contributed by atoms with Crippen LogP contribution < -0.4 is 0 Å². The standard InChI is InChI=1S/C15H15F2N3O/c1-9-8-18-14(19-9)13-3-2-6-20(13)15(21)11-5-4-10(16)7-12(11)17/h4-5,7-8,13H,2-3,6H2,1H3,(H,18,19)/t13-/m1/s1. The Morgan fingerprint density at radius 2 is 2.24 bits per heavy atom. The Bertz CT molecular complexity index is 683. The number of hydrogen-bond donors (Lipinski definition) is 1. The van der Waals surface area contributed by atoms with Crippen molar-refractivity contribution in [3.63, 3.8) is 0 Å². The molecule has 1 amide bonds. The van der Waals surface area contributed by atoms with Crippen molar-refractivity contribution >= 4 is 5.91 Å². The molecular weight excluding hydrogens is 276 g/mol. The number of aromatic nitrogens is 2. The number of rotatable bonds is 2. The van der Waals surface area contributed by atoms with Gasteiger partial charge in [0.2, 0.25) is 0 Å². The number of amides is 1. The Labute approximate surface area is 120 Å². The summed E-state index contributed by atoms with van der Waals surface area (Å²) in [7, 11) is 0. The average molecular weight is 291 g/mol. The molecule has 110 valence electrons. The molecule has 3 rings (SSSR count). The van der Waals surface area contributed by atoms with Gasteiger partial charge in [0.1, 0.15) is 17.5 Å². The van der Waals surface area contributed by atoms with Gasteiger partial charge in [-0.3, -0.25) is 4.79 Å². The number of nitrogens with one attached hydrogen (secondary N) is 1. The molecule has 1 aliphatic heterocycles. The third-order valence-electron chi connectivity index (χ3n) is 3.71. The third-order valence-corrected chi connectivity index (χ3v) is 3.71. The minimum atomic E-state index is -0.832. The number of benzene rings is 1. The monoisotopic (exact) mass is 291 g/mol. The van der Waals surface area contributed by atoms with E-state index in [0.29, 0.717) is 12.4 Å². The number of imidazole rings is 1. The Balaban J connectivity index is 1.89. The lowest BCUT2D eigenvalue weighted by molar-refractivity contribution is 0.0725. The van der Waals surface area contributed by atoms with Gasteiger partial charge in [-0.1, -0.05) is 0 Å². The summed E-state index contributed by atoms with van der Waals surface area (Å²) in [6.45, 7) is 2.43. The van der Waals surface area contributed by atoms with Gasteiger partial charge in [0, 0.05) is 24.5 Å². The van der Waals surface area contributed by atoms with E-state index >= 15 is 0 Å². The fourth-order valence-electron chi connectivity index (χ4n) is 2.71. The topological polar surface area (TPSA) is 49.0 Å². The van der Waals surface area contributed by atoms with Gasteiger partial charge in [-0.15, -0.1) is 0 Å². The van der Waals surface area contributed by atoms with E-state index in [9.17, 15) is 13.6 Å². The highest BCUT2D eigenvalue weighted by Crippen LogP contribution is 2.31. The Morgan fingerprint density at radius 3 is 2.90 bits per heavy atom. The number of halogens is 2. The first kappa shape index (κ1) is 13.7. The second-order valence-corrected chi connectivity index (χ2v) is 5.23. The number of H-pyrrole nitrogens is 1. The minimum absolute atomic E-state index is 0.105. The van der Waals surface area contributed by atoms with E-state index in [2.05, 4.69) is 9.97 Å². The second kappa shape index (κ2) is 5.27. The average Bonchev–Trinajstić information content (AvgIpc) is 3.06. The zero-order valence-electron chi connectivity index (χ0n) is 11.6. The van der Waals surface area contributed by atoms with Gasteiger partial charge in [-0.05, 0) is 31.9 Å². The molecule has 1 saturated heterocycles. The highest BCUT2D eigenvalue weighted by atomic mass is 19.1. The molecule has 0 spiro atoms. The molecule has 0 bridgehead atoms. The van der Waals surface area contributed by atoms with Crippen molar-refractivity contribution < 1.29 is 13.6 Å². The van der Waals surface area contributed by atoms with Gasteiger partial charge < -0.3 is 9.88 Å². The van der Waals surface area contributed by atoms with Crippen LogP contribution in [0.15, 0.2) is 24.4 Å². The largest absolute Gasteiger partial charge is 0.344 e. The van der Waals surface area contributed by atoms with E-state index in [1.165, 1.54) is 6.07 Å². The number of hydrogen-bond acceptors (Lipinski definition) is 2. The van der Waals surface area contributed by atoms with E-state index in [4.69, 9.17) is 0 Å². The van der Waals surface area contributed by atoms with Crippen LogP contribution in [0.2, 0.25) is 0 Å². The van der Waals surface area contributed by atoms with E-state index in [-0.39, 0.29) is 11.6 Å². The number of likely N-dealkylation sites (tertiary alicyclic amines) is 1. The molecular formula is C15H15F2N3O. The van der Waals surface area contributed by atoms with Crippen LogP contribution in [-0.2, 0) is 0 Å². The zero-order valence-corrected chi connectivity index (χ0v) is 11.6. The minimum Gasteiger partial charge on any atom is -0.344 e. The van der Waals surface area contributed by atoms with Crippen LogP contribution in [0.25, 0.3) is 0 Å². The third kappa shape index (κ3) is 2.53. The molecule has 0 saturated carbocycles. The van der Waals surface area contributed by atoms with Crippen LogP contribution >= 0.6 is 0 Å². The molecule has 21 heavy (non-hydrogen) atoms. The van der Waals surface area contributed by atoms with Crippen LogP contribution in [0.1, 0.15) is 40.8 Å². The number of carbonyl (C=O) groups excluding carboxylic acids is 1. The summed E-state index contributed by atoms with van der Waals surface area (Å²) in [5.74, 6) is -1.24. The molecule has 0 aliphatic carbocycles. The second-order valence-electron chi connectivity index (χ2n) is 5.23. The molecule has 2 aromatic rings. The van der Waals surface area contributed by atoms with E-state index in [0.717, 1.165) is 30.7 Å². The SMILES string of the molecule is Cc1cnc([C@H]2CCCN2C(=O)c2ccc(F)cc2F)[nH]1. The summed E-state index contributed by atoms with van der Waals surface area (Å²) in [5, 5.41) is 0. The number of carbonyl (C=O) groups is 1. The maximum absolute atomic E-state index is 13.8. The molecule has 1 N–H and O–H groups in total. The van der Waals surface area contributed by atoms with Crippen LogP contribution in [0.3, 0.4) is 0 Å². The van der Waals surface area contributed by atoms with Crippen LogP contribution in [0.5, 0.6) is 0 Å². The fourth-order valence-corrected chi connectivity index (χ4v) is 2.71. The number of nitrogens with zero attached hydrogens (tertiary/aromatic N) is 2. The molecule has 6 heteroatoms. The summed E-state index contributed by atoms with van der Waals surface area (Å²) in [5.41, 5.74) is 0.809. The van der Waals surface area contributed by atoms with Gasteiger partial charge in [0.15, 0.2) is 0 Å². The lowest BCUT2D eigenvalue weighted by Crippen LogP contribution is -2.31. The first-order valence-electron chi connectivity index (χ1n) is 6.84. The van der Waals surface area contributed by atoms with Crippen LogP contribution in [-0.4, -0.2) is 27.3 Å². The van der Waals surface area contributed by atoms with E-state index in [1.54, 1.807) is 11.1 Å². The van der Waals surface area contributed by atoms with Gasteiger partial charge in [-0.2, -0.15) is 0 Å². The molecule has 1 fully saturated rings. The van der Waals surface area contributed by atoms with Crippen molar-refractivity contribution in [3.8, 4) is 0 Å². The highest BCUT2D eigenvalue weighted by molar-refractivity contribution is 5.94. The predicted molar refractivity (Wildman–Crippen MR) is 72.7 cm³/mol. The molecule has 0 radical (unpaired) electrons. The smallest absolute Gasteiger partial charge is 0.257 e. The van der Waals surface area contributed by atoms with Crippen molar-refractivity contribution in [3.05, 3.63) is 53.1 Å². The maximum atomic E-state index is 13.8. The number of aryl methyl sites for hydroxylation is 1. The molecule has 4 nitrogen and oxygen atoms in total. The van der Waals surface area contributed by atoms with Crippen LogP contribution in [0, 0.1) is 18.6 Å². The summed E-state index contributed by atoms with van der Waals surface area (Å²) in [6, 6.07) is 2.83. The first-order chi connectivity index (χ1) is 10.1. The van der Waals surface area contributed by atoms with E-state index < -0.39 is 17.5 Å². The molecule has 1 atom stereocenters. The molecule has 1 aromatic carbocycles. The highest BCUT2D eigenvalue weighted by Gasteiger charge is 2.33. The summed E-state index contributed by atoms with van der Waals surface area (Å²) in [4.78, 5) is 21.5. The Kier molecular flexibility index (Phi) is 3.45. The summed E-state index contributed by atoms with van der Waals surface area (Å²) in [6.07, 6.45) is 3.31. The quantitative estimate of drug-likeness (QED) is 0.924. The lowest BCUT2D eigenvalue weighted by atomic mass is 10.1. The van der Waals surface area contributed by atoms with Gasteiger partial charge in [0.25, 0.3) is 5.91 Å². The van der Waals surface area contributed by atoms with Crippen molar-refractivity contribution in [1.82, 2.24) is 14.9 Å². The number of aromatic amines is 1. The molecule has 0 unspecified atom stereocenters. The summed E-state index contributed by atoms with van der Waals surface area (Å²) >= 11 is 0. The van der Waals surface area contributed by atoms with Crippen molar-refractivity contribution in [2.75, 3.05) is 6.54 Å². The van der Waals surface area contributed by atoms with Crippen molar-refractivity contribution in [1.29, 1.82) is 0 Å². The normalized spacial score (nSPS) is 18.2. The summed E-state index contributed by atoms with van der Waals surface area (Å²) < 4.78 is 26.7. The van der Waals surface area contributed by atoms with Gasteiger partial charge in [0.05, 0.1) is 11.6 Å². The molecule has 1 aromatic heterocycles. The van der Waals surface area contributed by atoms with Crippen molar-refractivity contribution in [2.45, 2.75) is 25.8 Å². The van der Waals surface area contributed by atoms with E-state index in [1.807, 2.05) is 6.92 Å². The maximum Gasteiger partial charge on any atom is 0.257 e. The fraction of sp³-hybridized carbons (Fsp3) is 0.333. The Morgan fingerprint density at radius 1 is 1.43 bits per heavy atom. The Hall–Kier alpha value is -2.24. The predicted octanol–water partition coefficient (Wildman–Crippen LogP) is 2.97. The first-order valence-corrected chi connectivity index (χ1v) is 6.84. The van der Waals surface area contributed by atoms with Crippen LogP contribution in [0.4, 0.5) is 8.78 Å². The molecule has 2 heterocycles. The van der Waals surface area contributed by atoms with Gasteiger partial charge >= 0.3 is 0 Å². The molecule has 1 aliphatic rings.